The number of hydrogen-bond donors (Lipinski definition) is 2. The second-order valence-corrected chi connectivity index (χ2v) is 4.78. The van der Waals surface area contributed by atoms with E-state index in [0.29, 0.717) is 5.41 Å². The summed E-state index contributed by atoms with van der Waals surface area (Å²) < 4.78 is 0. The van der Waals surface area contributed by atoms with E-state index in [4.69, 9.17) is 0 Å². The molecule has 1 heterocycles. The molecule has 0 atom stereocenters. The molecular formula is C13H21N3. The highest BCUT2D eigenvalue weighted by Crippen LogP contribution is 2.44. The van der Waals surface area contributed by atoms with Crippen molar-refractivity contribution in [1.82, 2.24) is 15.6 Å². The van der Waals surface area contributed by atoms with Crippen LogP contribution in [-0.4, -0.2) is 31.7 Å². The van der Waals surface area contributed by atoms with Crippen LogP contribution in [0.25, 0.3) is 0 Å². The fourth-order valence-corrected chi connectivity index (χ4v) is 2.08. The smallest absolute Gasteiger partial charge is 0.0416 e. The maximum atomic E-state index is 4.31. The molecule has 1 aliphatic rings. The van der Waals surface area contributed by atoms with Crippen LogP contribution in [0.5, 0.6) is 0 Å². The number of rotatable bonds is 7. The van der Waals surface area contributed by atoms with Gasteiger partial charge in [-0.3, -0.25) is 4.98 Å². The highest BCUT2D eigenvalue weighted by atomic mass is 14.9. The van der Waals surface area contributed by atoms with Crippen molar-refractivity contribution in [1.29, 1.82) is 0 Å². The summed E-state index contributed by atoms with van der Waals surface area (Å²) in [5.74, 6) is 0. The van der Waals surface area contributed by atoms with Gasteiger partial charge in [-0.25, -0.2) is 0 Å². The molecule has 3 heteroatoms. The zero-order valence-corrected chi connectivity index (χ0v) is 10.00. The van der Waals surface area contributed by atoms with E-state index >= 15 is 0 Å². The van der Waals surface area contributed by atoms with Crippen molar-refractivity contribution in [3.63, 3.8) is 0 Å². The summed E-state index contributed by atoms with van der Waals surface area (Å²) in [5.41, 5.74) is 1.73. The number of nitrogens with one attached hydrogen (secondary N) is 2. The normalized spacial score (nSPS) is 17.3. The molecule has 2 N–H and O–H groups in total. The molecule has 1 aromatic heterocycles. The summed E-state index contributed by atoms with van der Waals surface area (Å²) in [4.78, 5) is 4.31. The van der Waals surface area contributed by atoms with Crippen molar-refractivity contribution in [2.75, 3.05) is 26.7 Å². The Labute approximate surface area is 97.7 Å². The third-order valence-corrected chi connectivity index (χ3v) is 3.29. The molecule has 0 radical (unpaired) electrons. The SMILES string of the molecule is CNCC1(CNCCc2ccccn2)CC1. The van der Waals surface area contributed by atoms with E-state index in [1.807, 2.05) is 25.4 Å². The topological polar surface area (TPSA) is 37.0 Å². The van der Waals surface area contributed by atoms with Crippen LogP contribution in [-0.2, 0) is 6.42 Å². The van der Waals surface area contributed by atoms with Crippen molar-refractivity contribution in [3.05, 3.63) is 30.1 Å². The van der Waals surface area contributed by atoms with Gasteiger partial charge in [0.25, 0.3) is 0 Å². The molecule has 1 saturated carbocycles. The monoisotopic (exact) mass is 219 g/mol. The standard InChI is InChI=1S/C13H21N3/c1-14-10-13(6-7-13)11-15-9-5-12-4-2-3-8-16-12/h2-4,8,14-15H,5-7,9-11H2,1H3. The van der Waals surface area contributed by atoms with E-state index in [2.05, 4.69) is 21.7 Å². The minimum Gasteiger partial charge on any atom is -0.319 e. The molecule has 0 spiro atoms. The number of nitrogens with zero attached hydrogens (tertiary/aromatic N) is 1. The summed E-state index contributed by atoms with van der Waals surface area (Å²) in [6.45, 7) is 3.31. The van der Waals surface area contributed by atoms with Crippen LogP contribution in [0.2, 0.25) is 0 Å². The number of pyridine rings is 1. The van der Waals surface area contributed by atoms with Crippen molar-refractivity contribution >= 4 is 0 Å². The molecule has 16 heavy (non-hydrogen) atoms. The van der Waals surface area contributed by atoms with Crippen molar-refractivity contribution < 1.29 is 0 Å². The van der Waals surface area contributed by atoms with Crippen molar-refractivity contribution in [2.24, 2.45) is 5.41 Å². The zero-order chi connectivity index (χ0) is 11.3. The number of hydrogen-bond acceptors (Lipinski definition) is 3. The average Bonchev–Trinajstić information content (AvgIpc) is 3.07. The van der Waals surface area contributed by atoms with Gasteiger partial charge in [-0.15, -0.1) is 0 Å². The fourth-order valence-electron chi connectivity index (χ4n) is 2.08. The van der Waals surface area contributed by atoms with Crippen LogP contribution >= 0.6 is 0 Å². The summed E-state index contributed by atoms with van der Waals surface area (Å²) in [7, 11) is 2.04. The highest BCUT2D eigenvalue weighted by molar-refractivity contribution is 5.04. The van der Waals surface area contributed by atoms with Crippen LogP contribution in [0.15, 0.2) is 24.4 Å². The summed E-state index contributed by atoms with van der Waals surface area (Å²) in [6, 6.07) is 6.09. The Bertz CT molecular complexity index is 306. The van der Waals surface area contributed by atoms with Gasteiger partial charge < -0.3 is 10.6 Å². The Morgan fingerprint density at radius 3 is 2.81 bits per heavy atom. The molecule has 1 aliphatic carbocycles. The van der Waals surface area contributed by atoms with Gasteiger partial charge in [-0.1, -0.05) is 6.07 Å². The Morgan fingerprint density at radius 1 is 1.31 bits per heavy atom. The van der Waals surface area contributed by atoms with Crippen LogP contribution in [0, 0.1) is 5.41 Å². The zero-order valence-electron chi connectivity index (χ0n) is 10.00. The maximum Gasteiger partial charge on any atom is 0.0416 e. The molecule has 0 unspecified atom stereocenters. The van der Waals surface area contributed by atoms with E-state index in [-0.39, 0.29) is 0 Å². The van der Waals surface area contributed by atoms with Gasteiger partial charge >= 0.3 is 0 Å². The van der Waals surface area contributed by atoms with E-state index in [1.165, 1.54) is 18.5 Å². The molecule has 0 saturated heterocycles. The third kappa shape index (κ3) is 3.29. The van der Waals surface area contributed by atoms with E-state index in [0.717, 1.165) is 26.1 Å². The second-order valence-electron chi connectivity index (χ2n) is 4.78. The molecule has 1 aromatic rings. The molecule has 0 aliphatic heterocycles. The first kappa shape index (κ1) is 11.6. The Kier molecular flexibility index (Phi) is 3.91. The minimum absolute atomic E-state index is 0.554. The van der Waals surface area contributed by atoms with Gasteiger partial charge in [-0.05, 0) is 37.4 Å². The van der Waals surface area contributed by atoms with Gasteiger partial charge in [0.05, 0.1) is 0 Å². The maximum absolute atomic E-state index is 4.31. The van der Waals surface area contributed by atoms with Gasteiger partial charge in [0.2, 0.25) is 0 Å². The molecule has 88 valence electrons. The first-order valence-electron chi connectivity index (χ1n) is 6.10. The predicted molar refractivity (Wildman–Crippen MR) is 66.4 cm³/mol. The first-order chi connectivity index (χ1) is 7.85. The van der Waals surface area contributed by atoms with E-state index in [1.54, 1.807) is 0 Å². The summed E-state index contributed by atoms with van der Waals surface area (Å²) in [5, 5.41) is 6.82. The Morgan fingerprint density at radius 2 is 2.19 bits per heavy atom. The highest BCUT2D eigenvalue weighted by Gasteiger charge is 2.41. The molecule has 0 bridgehead atoms. The van der Waals surface area contributed by atoms with Crippen LogP contribution < -0.4 is 10.6 Å². The Balaban J connectivity index is 1.62. The van der Waals surface area contributed by atoms with Gasteiger partial charge in [0.15, 0.2) is 0 Å². The third-order valence-electron chi connectivity index (χ3n) is 3.29. The van der Waals surface area contributed by atoms with Gasteiger partial charge in [0, 0.05) is 37.9 Å². The quantitative estimate of drug-likeness (QED) is 0.677. The average molecular weight is 219 g/mol. The lowest BCUT2D eigenvalue weighted by atomic mass is 10.1. The minimum atomic E-state index is 0.554. The predicted octanol–water partition coefficient (Wildman–Crippen LogP) is 1.21. The lowest BCUT2D eigenvalue weighted by Crippen LogP contribution is -2.32. The van der Waals surface area contributed by atoms with Crippen LogP contribution in [0.1, 0.15) is 18.5 Å². The largest absolute Gasteiger partial charge is 0.319 e. The van der Waals surface area contributed by atoms with E-state index in [9.17, 15) is 0 Å². The Hall–Kier alpha value is -0.930. The lowest BCUT2D eigenvalue weighted by molar-refractivity contribution is 0.440. The van der Waals surface area contributed by atoms with Crippen LogP contribution in [0.4, 0.5) is 0 Å². The lowest BCUT2D eigenvalue weighted by Gasteiger charge is -2.15. The molecule has 2 rings (SSSR count). The van der Waals surface area contributed by atoms with E-state index < -0.39 is 0 Å². The fraction of sp³-hybridized carbons (Fsp3) is 0.615. The second kappa shape index (κ2) is 5.41. The first-order valence-corrected chi connectivity index (χ1v) is 6.10. The molecular weight excluding hydrogens is 198 g/mol. The molecule has 1 fully saturated rings. The summed E-state index contributed by atoms with van der Waals surface area (Å²) in [6.07, 6.45) is 5.62. The van der Waals surface area contributed by atoms with Crippen LogP contribution in [0.3, 0.4) is 0 Å². The van der Waals surface area contributed by atoms with Crippen molar-refractivity contribution in [2.45, 2.75) is 19.3 Å². The van der Waals surface area contributed by atoms with Gasteiger partial charge in [0.1, 0.15) is 0 Å². The molecule has 0 aromatic carbocycles. The van der Waals surface area contributed by atoms with Gasteiger partial charge in [-0.2, -0.15) is 0 Å². The summed E-state index contributed by atoms with van der Waals surface area (Å²) >= 11 is 0. The molecule has 3 nitrogen and oxygen atoms in total. The molecule has 0 amide bonds. The van der Waals surface area contributed by atoms with Crippen molar-refractivity contribution in [3.8, 4) is 0 Å². The number of aromatic nitrogens is 1.